The molecule has 0 aliphatic carbocycles. The first-order chi connectivity index (χ1) is 12.3. The lowest BCUT2D eigenvalue weighted by molar-refractivity contribution is 0.305. The standard InChI is InChI=1S/C23H22O2/c1-25-21-14-12-20(13-15-21)23(19-10-6-3-7-11-19)22(16-17-24)18-8-4-2-5-9-18/h2-15,24H,16-17H2,1H3/b23-22-. The van der Waals surface area contributed by atoms with Gasteiger partial charge in [0.25, 0.3) is 0 Å². The van der Waals surface area contributed by atoms with Crippen molar-refractivity contribution in [2.75, 3.05) is 13.7 Å². The molecule has 0 aliphatic rings. The molecule has 0 fully saturated rings. The summed E-state index contributed by atoms with van der Waals surface area (Å²) in [6.07, 6.45) is 0.597. The summed E-state index contributed by atoms with van der Waals surface area (Å²) in [6, 6.07) is 28.7. The molecule has 2 nitrogen and oxygen atoms in total. The first kappa shape index (κ1) is 17.0. The number of aliphatic hydroxyl groups is 1. The van der Waals surface area contributed by atoms with Gasteiger partial charge in [0.05, 0.1) is 7.11 Å². The van der Waals surface area contributed by atoms with Gasteiger partial charge in [0, 0.05) is 6.61 Å². The van der Waals surface area contributed by atoms with E-state index in [2.05, 4.69) is 36.4 Å². The minimum atomic E-state index is 0.108. The minimum Gasteiger partial charge on any atom is -0.497 e. The Morgan fingerprint density at radius 1 is 0.720 bits per heavy atom. The molecule has 0 bridgehead atoms. The van der Waals surface area contributed by atoms with E-state index in [0.717, 1.165) is 33.6 Å². The first-order valence-electron chi connectivity index (χ1n) is 8.42. The van der Waals surface area contributed by atoms with Crippen molar-refractivity contribution < 1.29 is 9.84 Å². The number of aliphatic hydroxyl groups excluding tert-OH is 1. The predicted molar refractivity (Wildman–Crippen MR) is 103 cm³/mol. The molecule has 3 rings (SSSR count). The molecule has 0 saturated heterocycles. The molecular weight excluding hydrogens is 308 g/mol. The van der Waals surface area contributed by atoms with Crippen molar-refractivity contribution in [1.82, 2.24) is 0 Å². The Kier molecular flexibility index (Phi) is 5.65. The zero-order chi connectivity index (χ0) is 17.5. The number of ether oxygens (including phenoxy) is 1. The second-order valence-corrected chi connectivity index (χ2v) is 5.79. The maximum absolute atomic E-state index is 9.67. The minimum absolute atomic E-state index is 0.108. The van der Waals surface area contributed by atoms with E-state index in [4.69, 9.17) is 4.74 Å². The quantitative estimate of drug-likeness (QED) is 0.642. The van der Waals surface area contributed by atoms with Gasteiger partial charge in [-0.25, -0.2) is 0 Å². The SMILES string of the molecule is COc1ccc(/C(=C(/CCO)c2ccccc2)c2ccccc2)cc1. The van der Waals surface area contributed by atoms with Crippen molar-refractivity contribution in [3.05, 3.63) is 102 Å². The molecule has 0 spiro atoms. The Labute approximate surface area is 149 Å². The van der Waals surface area contributed by atoms with E-state index in [1.807, 2.05) is 48.5 Å². The van der Waals surface area contributed by atoms with Gasteiger partial charge in [-0.1, -0.05) is 72.8 Å². The van der Waals surface area contributed by atoms with Crippen molar-refractivity contribution in [3.8, 4) is 5.75 Å². The molecule has 0 aliphatic heterocycles. The lowest BCUT2D eigenvalue weighted by atomic mass is 9.88. The van der Waals surface area contributed by atoms with Gasteiger partial charge in [-0.2, -0.15) is 0 Å². The van der Waals surface area contributed by atoms with Crippen LogP contribution in [0, 0.1) is 0 Å². The Morgan fingerprint density at radius 2 is 1.24 bits per heavy atom. The smallest absolute Gasteiger partial charge is 0.118 e. The molecule has 1 N–H and O–H groups in total. The Balaban J connectivity index is 2.23. The van der Waals surface area contributed by atoms with E-state index in [-0.39, 0.29) is 6.61 Å². The fourth-order valence-corrected chi connectivity index (χ4v) is 3.04. The summed E-state index contributed by atoms with van der Waals surface area (Å²) < 4.78 is 5.29. The van der Waals surface area contributed by atoms with Gasteiger partial charge < -0.3 is 9.84 Å². The Morgan fingerprint density at radius 3 is 1.76 bits per heavy atom. The number of hydrogen-bond donors (Lipinski definition) is 1. The molecule has 3 aromatic rings. The average Bonchev–Trinajstić information content (AvgIpc) is 2.69. The van der Waals surface area contributed by atoms with Crippen LogP contribution < -0.4 is 4.74 Å². The Hall–Kier alpha value is -2.84. The summed E-state index contributed by atoms with van der Waals surface area (Å²) in [5.41, 5.74) is 5.66. The van der Waals surface area contributed by atoms with E-state index in [0.29, 0.717) is 6.42 Å². The monoisotopic (exact) mass is 330 g/mol. The third-order valence-corrected chi connectivity index (χ3v) is 4.23. The molecule has 3 aromatic carbocycles. The van der Waals surface area contributed by atoms with Crippen molar-refractivity contribution >= 4 is 11.1 Å². The van der Waals surface area contributed by atoms with Crippen molar-refractivity contribution in [2.24, 2.45) is 0 Å². The van der Waals surface area contributed by atoms with Gasteiger partial charge in [0.15, 0.2) is 0 Å². The molecule has 0 unspecified atom stereocenters. The van der Waals surface area contributed by atoms with E-state index >= 15 is 0 Å². The van der Waals surface area contributed by atoms with Crippen molar-refractivity contribution in [3.63, 3.8) is 0 Å². The lowest BCUT2D eigenvalue weighted by Gasteiger charge is -2.17. The summed E-state index contributed by atoms with van der Waals surface area (Å²) >= 11 is 0. The van der Waals surface area contributed by atoms with Crippen molar-refractivity contribution in [2.45, 2.75) is 6.42 Å². The summed E-state index contributed by atoms with van der Waals surface area (Å²) in [5, 5.41) is 9.67. The van der Waals surface area contributed by atoms with Crippen LogP contribution in [0.25, 0.3) is 11.1 Å². The van der Waals surface area contributed by atoms with E-state index in [1.165, 1.54) is 0 Å². The topological polar surface area (TPSA) is 29.5 Å². The molecule has 0 atom stereocenters. The fourth-order valence-electron chi connectivity index (χ4n) is 3.04. The van der Waals surface area contributed by atoms with E-state index in [1.54, 1.807) is 7.11 Å². The largest absolute Gasteiger partial charge is 0.497 e. The van der Waals surface area contributed by atoms with Gasteiger partial charge in [0.2, 0.25) is 0 Å². The number of rotatable bonds is 6. The highest BCUT2D eigenvalue weighted by Gasteiger charge is 2.13. The van der Waals surface area contributed by atoms with Crippen molar-refractivity contribution in [1.29, 1.82) is 0 Å². The molecule has 0 aromatic heterocycles. The van der Waals surface area contributed by atoms with Gasteiger partial charge >= 0.3 is 0 Å². The van der Waals surface area contributed by atoms with E-state index in [9.17, 15) is 5.11 Å². The second-order valence-electron chi connectivity index (χ2n) is 5.79. The predicted octanol–water partition coefficient (Wildman–Crippen LogP) is 5.04. The van der Waals surface area contributed by atoms with Gasteiger partial charge in [-0.05, 0) is 46.4 Å². The van der Waals surface area contributed by atoms with Crippen LogP contribution >= 0.6 is 0 Å². The van der Waals surface area contributed by atoms with Crippen LogP contribution in [0.4, 0.5) is 0 Å². The van der Waals surface area contributed by atoms with Crippen LogP contribution in [0.3, 0.4) is 0 Å². The zero-order valence-corrected chi connectivity index (χ0v) is 14.4. The molecule has 2 heteroatoms. The molecule has 126 valence electrons. The maximum atomic E-state index is 9.67. The maximum Gasteiger partial charge on any atom is 0.118 e. The van der Waals surface area contributed by atoms with Gasteiger partial charge in [-0.15, -0.1) is 0 Å². The van der Waals surface area contributed by atoms with Crippen LogP contribution in [0.5, 0.6) is 5.75 Å². The molecule has 0 radical (unpaired) electrons. The second kappa shape index (κ2) is 8.32. The van der Waals surface area contributed by atoms with E-state index < -0.39 is 0 Å². The molecular formula is C23H22O2. The summed E-state index contributed by atoms with van der Waals surface area (Å²) in [6.45, 7) is 0.108. The normalized spacial score (nSPS) is 11.8. The highest BCUT2D eigenvalue weighted by atomic mass is 16.5. The van der Waals surface area contributed by atoms with Gasteiger partial charge in [-0.3, -0.25) is 0 Å². The lowest BCUT2D eigenvalue weighted by Crippen LogP contribution is -1.98. The number of hydrogen-bond acceptors (Lipinski definition) is 2. The van der Waals surface area contributed by atoms with Crippen LogP contribution in [0.1, 0.15) is 23.1 Å². The van der Waals surface area contributed by atoms with Crippen LogP contribution in [0.15, 0.2) is 84.9 Å². The summed E-state index contributed by atoms with van der Waals surface area (Å²) in [4.78, 5) is 0. The highest BCUT2D eigenvalue weighted by molar-refractivity contribution is 5.98. The number of benzene rings is 3. The fraction of sp³-hybridized carbons (Fsp3) is 0.130. The molecule has 0 amide bonds. The molecule has 0 heterocycles. The molecule has 25 heavy (non-hydrogen) atoms. The highest BCUT2D eigenvalue weighted by Crippen LogP contribution is 2.34. The first-order valence-corrected chi connectivity index (χ1v) is 8.42. The number of methoxy groups -OCH3 is 1. The summed E-state index contributed by atoms with van der Waals surface area (Å²) in [5.74, 6) is 0.833. The van der Waals surface area contributed by atoms with Crippen LogP contribution in [-0.4, -0.2) is 18.8 Å². The zero-order valence-electron chi connectivity index (χ0n) is 14.4. The van der Waals surface area contributed by atoms with Crippen LogP contribution in [0.2, 0.25) is 0 Å². The van der Waals surface area contributed by atoms with Crippen LogP contribution in [-0.2, 0) is 0 Å². The third-order valence-electron chi connectivity index (χ3n) is 4.23. The molecule has 0 saturated carbocycles. The Bertz CT molecular complexity index is 819. The summed E-state index contributed by atoms with van der Waals surface area (Å²) in [7, 11) is 1.67. The van der Waals surface area contributed by atoms with Gasteiger partial charge in [0.1, 0.15) is 5.75 Å². The average molecular weight is 330 g/mol. The third kappa shape index (κ3) is 3.98.